The lowest BCUT2D eigenvalue weighted by molar-refractivity contribution is 0.275. The first kappa shape index (κ1) is 10.0. The van der Waals surface area contributed by atoms with E-state index in [0.29, 0.717) is 11.8 Å². The summed E-state index contributed by atoms with van der Waals surface area (Å²) in [7, 11) is 0. The van der Waals surface area contributed by atoms with Crippen LogP contribution in [-0.4, -0.2) is 24.2 Å². The number of rotatable bonds is 3. The zero-order chi connectivity index (χ0) is 10.5. The molecule has 2 rings (SSSR count). The Bertz CT molecular complexity index is 243. The van der Waals surface area contributed by atoms with Crippen LogP contribution in [-0.2, 0) is 0 Å². The molecule has 3 unspecified atom stereocenters. The minimum absolute atomic E-state index is 0.500. The molecule has 0 bridgehead atoms. The lowest BCUT2D eigenvalue weighted by Gasteiger charge is -2.26. The summed E-state index contributed by atoms with van der Waals surface area (Å²) in [6.07, 6.45) is -0.257. The van der Waals surface area contributed by atoms with Gasteiger partial charge in [0.05, 0.1) is 0 Å². The van der Waals surface area contributed by atoms with Crippen LogP contribution < -0.4 is 0 Å². The van der Waals surface area contributed by atoms with Gasteiger partial charge >= 0.3 is 0 Å². The van der Waals surface area contributed by atoms with E-state index in [4.69, 9.17) is 0 Å². The molecule has 2 heteroatoms. The van der Waals surface area contributed by atoms with Gasteiger partial charge in [0.25, 0.3) is 0 Å². The van der Waals surface area contributed by atoms with E-state index in [1.54, 1.807) is 6.92 Å². The lowest BCUT2D eigenvalue weighted by Crippen LogP contribution is -2.26. The van der Waals surface area contributed by atoms with Crippen LogP contribution in [0.3, 0.4) is 0 Å². The van der Waals surface area contributed by atoms with Crippen molar-refractivity contribution in [1.82, 2.24) is 4.90 Å². The molecule has 1 aliphatic heterocycles. The molecular formula is C12H20FN. The Kier molecular flexibility index (Phi) is 2.13. The molecule has 0 N–H and O–H groups in total. The molecule has 1 aliphatic carbocycles. The predicted octanol–water partition coefficient (Wildman–Crippen LogP) is 2.84. The van der Waals surface area contributed by atoms with E-state index in [1.807, 2.05) is 0 Å². The number of piperidine rings is 1. The smallest absolute Gasteiger partial charge is 0.103 e. The van der Waals surface area contributed by atoms with Crippen LogP contribution in [0.2, 0.25) is 0 Å². The minimum Gasteiger partial charge on any atom is -0.375 e. The topological polar surface area (TPSA) is 3.24 Å². The molecule has 0 aromatic carbocycles. The van der Waals surface area contributed by atoms with E-state index in [-0.39, 0.29) is 0 Å². The Balaban J connectivity index is 1.85. The molecule has 0 spiro atoms. The molecule has 14 heavy (non-hydrogen) atoms. The normalized spacial score (nSPS) is 35.3. The molecule has 0 amide bonds. The summed E-state index contributed by atoms with van der Waals surface area (Å²) >= 11 is 0. The third-order valence-electron chi connectivity index (χ3n) is 4.09. The quantitative estimate of drug-likeness (QED) is 0.672. The van der Waals surface area contributed by atoms with Crippen LogP contribution in [0, 0.1) is 17.3 Å². The lowest BCUT2D eigenvalue weighted by atomic mass is 10.1. The van der Waals surface area contributed by atoms with E-state index in [9.17, 15) is 4.39 Å². The first-order valence-corrected chi connectivity index (χ1v) is 5.49. The number of alkyl halides is 1. The average molecular weight is 197 g/mol. The predicted molar refractivity (Wildman–Crippen MR) is 56.7 cm³/mol. The van der Waals surface area contributed by atoms with Crippen LogP contribution in [0.25, 0.3) is 0 Å². The highest BCUT2D eigenvalue weighted by molar-refractivity contribution is 5.15. The van der Waals surface area contributed by atoms with Crippen molar-refractivity contribution in [3.05, 3.63) is 12.3 Å². The Morgan fingerprint density at radius 1 is 1.50 bits per heavy atom. The number of fused-ring (bicyclic) bond motifs is 1. The zero-order valence-corrected chi connectivity index (χ0v) is 9.39. The number of hydrogen-bond donors (Lipinski definition) is 0. The molecule has 1 heterocycles. The van der Waals surface area contributed by atoms with Crippen molar-refractivity contribution in [1.29, 1.82) is 0 Å². The van der Waals surface area contributed by atoms with Crippen LogP contribution in [0.5, 0.6) is 0 Å². The van der Waals surface area contributed by atoms with Crippen molar-refractivity contribution < 1.29 is 4.39 Å². The van der Waals surface area contributed by atoms with Gasteiger partial charge in [0.15, 0.2) is 0 Å². The Morgan fingerprint density at radius 3 is 2.43 bits per heavy atom. The van der Waals surface area contributed by atoms with Gasteiger partial charge in [-0.15, -0.1) is 0 Å². The van der Waals surface area contributed by atoms with Crippen molar-refractivity contribution >= 4 is 0 Å². The fourth-order valence-corrected chi connectivity index (χ4v) is 2.84. The standard InChI is InChI=1S/C12H20FN/c1-8(13)5-9(2)14-6-10-11(7-14)12(10,3)4/h8,10-11H,2,5-7H2,1,3-4H3. The van der Waals surface area contributed by atoms with Crippen LogP contribution in [0.15, 0.2) is 12.3 Å². The van der Waals surface area contributed by atoms with E-state index in [0.717, 1.165) is 30.6 Å². The van der Waals surface area contributed by atoms with Crippen LogP contribution in [0.1, 0.15) is 27.2 Å². The molecule has 1 saturated carbocycles. The highest BCUT2D eigenvalue weighted by atomic mass is 19.1. The number of halogens is 1. The Hall–Kier alpha value is -0.530. The van der Waals surface area contributed by atoms with Gasteiger partial charge in [-0.25, -0.2) is 4.39 Å². The molecule has 0 aromatic rings. The first-order valence-electron chi connectivity index (χ1n) is 5.49. The second kappa shape index (κ2) is 2.98. The van der Waals surface area contributed by atoms with E-state index < -0.39 is 6.17 Å². The summed E-state index contributed by atoms with van der Waals surface area (Å²) < 4.78 is 12.8. The summed E-state index contributed by atoms with van der Waals surface area (Å²) in [6, 6.07) is 0. The van der Waals surface area contributed by atoms with Gasteiger partial charge in [-0.3, -0.25) is 0 Å². The minimum atomic E-state index is -0.757. The molecule has 0 radical (unpaired) electrons. The highest BCUT2D eigenvalue weighted by Gasteiger charge is 2.61. The van der Waals surface area contributed by atoms with Gasteiger partial charge in [0.1, 0.15) is 6.17 Å². The van der Waals surface area contributed by atoms with Crippen molar-refractivity contribution in [2.24, 2.45) is 17.3 Å². The van der Waals surface area contributed by atoms with Gasteiger partial charge in [-0.05, 0) is 24.2 Å². The molecule has 0 aromatic heterocycles. The second-order valence-corrected chi connectivity index (χ2v) is 5.49. The van der Waals surface area contributed by atoms with Crippen molar-refractivity contribution in [2.75, 3.05) is 13.1 Å². The van der Waals surface area contributed by atoms with Gasteiger partial charge in [-0.1, -0.05) is 20.4 Å². The fraction of sp³-hybridized carbons (Fsp3) is 0.833. The third kappa shape index (κ3) is 1.45. The van der Waals surface area contributed by atoms with Gasteiger partial charge in [0, 0.05) is 25.2 Å². The number of allylic oxidation sites excluding steroid dienone is 1. The Morgan fingerprint density at radius 2 is 2.00 bits per heavy atom. The Labute approximate surface area is 86.0 Å². The van der Waals surface area contributed by atoms with Gasteiger partial charge < -0.3 is 4.90 Å². The number of likely N-dealkylation sites (tertiary alicyclic amines) is 1. The number of hydrogen-bond acceptors (Lipinski definition) is 1. The molecule has 2 fully saturated rings. The molecular weight excluding hydrogens is 177 g/mol. The largest absolute Gasteiger partial charge is 0.375 e. The zero-order valence-electron chi connectivity index (χ0n) is 9.39. The van der Waals surface area contributed by atoms with E-state index >= 15 is 0 Å². The SMILES string of the molecule is C=C(CC(C)F)N1CC2C(C1)C2(C)C. The van der Waals surface area contributed by atoms with E-state index in [1.165, 1.54) is 0 Å². The maximum absolute atomic E-state index is 12.8. The fourth-order valence-electron chi connectivity index (χ4n) is 2.84. The molecule has 1 saturated heterocycles. The van der Waals surface area contributed by atoms with Gasteiger partial charge in [0.2, 0.25) is 0 Å². The first-order chi connectivity index (χ1) is 6.43. The number of nitrogens with zero attached hydrogens (tertiary/aromatic N) is 1. The van der Waals surface area contributed by atoms with Crippen molar-refractivity contribution in [3.63, 3.8) is 0 Å². The second-order valence-electron chi connectivity index (χ2n) is 5.49. The van der Waals surface area contributed by atoms with E-state index in [2.05, 4.69) is 25.3 Å². The molecule has 80 valence electrons. The summed E-state index contributed by atoms with van der Waals surface area (Å²) in [4.78, 5) is 2.27. The summed E-state index contributed by atoms with van der Waals surface area (Å²) in [5.41, 5.74) is 1.53. The average Bonchev–Trinajstić information content (AvgIpc) is 2.50. The van der Waals surface area contributed by atoms with Crippen molar-refractivity contribution in [3.8, 4) is 0 Å². The summed E-state index contributed by atoms with van der Waals surface area (Å²) in [5.74, 6) is 1.66. The van der Waals surface area contributed by atoms with Crippen LogP contribution >= 0.6 is 0 Å². The third-order valence-corrected chi connectivity index (χ3v) is 4.09. The maximum atomic E-state index is 12.8. The summed E-state index contributed by atoms with van der Waals surface area (Å²) in [6.45, 7) is 12.4. The van der Waals surface area contributed by atoms with Crippen molar-refractivity contribution in [2.45, 2.75) is 33.4 Å². The molecule has 3 atom stereocenters. The van der Waals surface area contributed by atoms with Crippen LogP contribution in [0.4, 0.5) is 4.39 Å². The highest BCUT2D eigenvalue weighted by Crippen LogP contribution is 2.62. The summed E-state index contributed by atoms with van der Waals surface area (Å²) in [5, 5.41) is 0. The van der Waals surface area contributed by atoms with Gasteiger partial charge in [-0.2, -0.15) is 0 Å². The molecule has 1 nitrogen and oxygen atoms in total. The maximum Gasteiger partial charge on any atom is 0.103 e. The molecule has 2 aliphatic rings. The monoisotopic (exact) mass is 197 g/mol.